The van der Waals surface area contributed by atoms with E-state index in [4.69, 9.17) is 4.74 Å². The molecule has 0 heterocycles. The average molecular weight is 311 g/mol. The third-order valence-corrected chi connectivity index (χ3v) is 4.11. The molecule has 1 amide bonds. The van der Waals surface area contributed by atoms with Crippen LogP contribution in [0, 0.1) is 0 Å². The Morgan fingerprint density at radius 1 is 1.13 bits per heavy atom. The van der Waals surface area contributed by atoms with E-state index in [-0.39, 0.29) is 18.4 Å². The topological polar surface area (TPSA) is 58.6 Å². The van der Waals surface area contributed by atoms with E-state index in [1.807, 2.05) is 54.6 Å². The monoisotopic (exact) mass is 311 g/mol. The fourth-order valence-electron chi connectivity index (χ4n) is 2.92. The van der Waals surface area contributed by atoms with Gasteiger partial charge in [-0.2, -0.15) is 0 Å². The first-order chi connectivity index (χ1) is 11.2. The van der Waals surface area contributed by atoms with Crippen LogP contribution in [0.2, 0.25) is 0 Å². The fourth-order valence-corrected chi connectivity index (χ4v) is 2.92. The average Bonchev–Trinajstić information content (AvgIpc) is 2.88. The number of hydrogen-bond acceptors (Lipinski definition) is 3. The van der Waals surface area contributed by atoms with E-state index in [9.17, 15) is 9.90 Å². The molecule has 4 nitrogen and oxygen atoms in total. The number of carbonyl (C=O) groups excluding carboxylic acids is 1. The minimum absolute atomic E-state index is 0.0983. The minimum atomic E-state index is -0.554. The molecule has 2 N–H and O–H groups in total. The highest BCUT2D eigenvalue weighted by atomic mass is 16.5. The van der Waals surface area contributed by atoms with Gasteiger partial charge in [0.1, 0.15) is 0 Å². The second kappa shape index (κ2) is 7.40. The third kappa shape index (κ3) is 3.97. The summed E-state index contributed by atoms with van der Waals surface area (Å²) in [5, 5.41) is 13.0. The Hall–Kier alpha value is -2.17. The van der Waals surface area contributed by atoms with Gasteiger partial charge in [0.2, 0.25) is 5.91 Å². The van der Waals surface area contributed by atoms with Gasteiger partial charge in [-0.15, -0.1) is 0 Å². The van der Waals surface area contributed by atoms with Crippen LogP contribution >= 0.6 is 0 Å². The van der Waals surface area contributed by atoms with Crippen molar-refractivity contribution in [1.29, 1.82) is 0 Å². The van der Waals surface area contributed by atoms with Crippen molar-refractivity contribution in [3.05, 3.63) is 71.3 Å². The first kappa shape index (κ1) is 15.7. The third-order valence-electron chi connectivity index (χ3n) is 4.11. The van der Waals surface area contributed by atoms with Crippen molar-refractivity contribution < 1.29 is 14.6 Å². The molecule has 0 bridgehead atoms. The number of fused-ring (bicyclic) bond motifs is 1. The maximum atomic E-state index is 12.1. The summed E-state index contributed by atoms with van der Waals surface area (Å²) in [6.45, 7) is 0.869. The Labute approximate surface area is 136 Å². The van der Waals surface area contributed by atoms with E-state index in [1.165, 1.54) is 0 Å². The van der Waals surface area contributed by atoms with Gasteiger partial charge < -0.3 is 15.2 Å². The van der Waals surface area contributed by atoms with Gasteiger partial charge >= 0.3 is 0 Å². The SMILES string of the molecule is O=C(CCOCc1ccccc1)NC1c2ccccc2CC1O. The smallest absolute Gasteiger partial charge is 0.222 e. The molecule has 0 saturated carbocycles. The van der Waals surface area contributed by atoms with E-state index in [1.54, 1.807) is 0 Å². The van der Waals surface area contributed by atoms with E-state index in [0.29, 0.717) is 19.6 Å². The molecule has 2 unspecified atom stereocenters. The van der Waals surface area contributed by atoms with Gasteiger partial charge in [-0.05, 0) is 16.7 Å². The largest absolute Gasteiger partial charge is 0.390 e. The van der Waals surface area contributed by atoms with Gasteiger partial charge in [0.05, 0.1) is 25.4 Å². The first-order valence-corrected chi connectivity index (χ1v) is 7.91. The summed E-state index contributed by atoms with van der Waals surface area (Å²) in [7, 11) is 0. The highest BCUT2D eigenvalue weighted by Gasteiger charge is 2.31. The van der Waals surface area contributed by atoms with Gasteiger partial charge in [-0.3, -0.25) is 4.79 Å². The van der Waals surface area contributed by atoms with Crippen LogP contribution in [-0.4, -0.2) is 23.7 Å². The van der Waals surface area contributed by atoms with Crippen LogP contribution in [0.1, 0.15) is 29.2 Å². The van der Waals surface area contributed by atoms with Crippen molar-refractivity contribution in [3.8, 4) is 0 Å². The molecule has 0 aliphatic heterocycles. The predicted molar refractivity (Wildman–Crippen MR) is 87.8 cm³/mol. The molecule has 4 heteroatoms. The quantitative estimate of drug-likeness (QED) is 0.805. The van der Waals surface area contributed by atoms with Crippen molar-refractivity contribution in [3.63, 3.8) is 0 Å². The number of carbonyl (C=O) groups is 1. The molecule has 0 saturated heterocycles. The maximum absolute atomic E-state index is 12.1. The molecule has 0 spiro atoms. The molecule has 120 valence electrons. The molecular weight excluding hydrogens is 290 g/mol. The zero-order chi connectivity index (χ0) is 16.1. The molecule has 2 atom stereocenters. The lowest BCUT2D eigenvalue weighted by Crippen LogP contribution is -2.34. The summed E-state index contributed by atoms with van der Waals surface area (Å²) < 4.78 is 5.53. The molecule has 3 rings (SSSR count). The number of benzene rings is 2. The summed E-state index contributed by atoms with van der Waals surface area (Å²) in [5.74, 6) is -0.0983. The zero-order valence-electron chi connectivity index (χ0n) is 12.9. The first-order valence-electron chi connectivity index (χ1n) is 7.91. The normalized spacial score (nSPS) is 19.3. The molecule has 0 aromatic heterocycles. The van der Waals surface area contributed by atoms with Crippen molar-refractivity contribution in [2.24, 2.45) is 0 Å². The van der Waals surface area contributed by atoms with Crippen LogP contribution in [0.15, 0.2) is 54.6 Å². The van der Waals surface area contributed by atoms with Crippen LogP contribution < -0.4 is 5.32 Å². The van der Waals surface area contributed by atoms with Crippen LogP contribution in [0.3, 0.4) is 0 Å². The highest BCUT2D eigenvalue weighted by molar-refractivity contribution is 5.76. The number of rotatable bonds is 6. The minimum Gasteiger partial charge on any atom is -0.390 e. The summed E-state index contributed by atoms with van der Waals surface area (Å²) in [6, 6.07) is 17.4. The van der Waals surface area contributed by atoms with Crippen molar-refractivity contribution in [2.75, 3.05) is 6.61 Å². The van der Waals surface area contributed by atoms with Crippen molar-refractivity contribution in [2.45, 2.75) is 31.6 Å². The number of hydrogen-bond donors (Lipinski definition) is 2. The number of amides is 1. The second-order valence-corrected chi connectivity index (χ2v) is 5.80. The summed E-state index contributed by atoms with van der Waals surface area (Å²) in [4.78, 5) is 12.1. The highest BCUT2D eigenvalue weighted by Crippen LogP contribution is 2.31. The lowest BCUT2D eigenvalue weighted by Gasteiger charge is -2.18. The maximum Gasteiger partial charge on any atom is 0.222 e. The number of nitrogens with one attached hydrogen (secondary N) is 1. The molecule has 1 aliphatic rings. The summed E-state index contributed by atoms with van der Waals surface area (Å²) in [5.41, 5.74) is 3.21. The van der Waals surface area contributed by atoms with E-state index in [0.717, 1.165) is 16.7 Å². The Kier molecular flexibility index (Phi) is 5.05. The number of aliphatic hydroxyl groups is 1. The van der Waals surface area contributed by atoms with E-state index < -0.39 is 6.10 Å². The summed E-state index contributed by atoms with van der Waals surface area (Å²) >= 11 is 0. The van der Waals surface area contributed by atoms with Crippen molar-refractivity contribution >= 4 is 5.91 Å². The molecule has 2 aromatic rings. The molecule has 0 radical (unpaired) electrons. The van der Waals surface area contributed by atoms with E-state index >= 15 is 0 Å². The molecule has 1 aliphatic carbocycles. The van der Waals surface area contributed by atoms with Crippen LogP contribution in [0.4, 0.5) is 0 Å². The van der Waals surface area contributed by atoms with Crippen LogP contribution in [-0.2, 0) is 22.6 Å². The zero-order valence-corrected chi connectivity index (χ0v) is 12.9. The molecular formula is C19H21NO3. The van der Waals surface area contributed by atoms with Crippen LogP contribution in [0.5, 0.6) is 0 Å². The Balaban J connectivity index is 1.45. The lowest BCUT2D eigenvalue weighted by molar-refractivity contribution is -0.123. The molecule has 2 aromatic carbocycles. The van der Waals surface area contributed by atoms with Gasteiger partial charge in [-0.1, -0.05) is 54.6 Å². The second-order valence-electron chi connectivity index (χ2n) is 5.80. The van der Waals surface area contributed by atoms with Gasteiger partial charge in [0.25, 0.3) is 0 Å². The fraction of sp³-hybridized carbons (Fsp3) is 0.316. The van der Waals surface area contributed by atoms with E-state index in [2.05, 4.69) is 5.32 Å². The van der Waals surface area contributed by atoms with Gasteiger partial charge in [0, 0.05) is 12.8 Å². The number of ether oxygens (including phenoxy) is 1. The summed E-state index contributed by atoms with van der Waals surface area (Å²) in [6.07, 6.45) is 0.325. The predicted octanol–water partition coefficient (Wildman–Crippen LogP) is 2.37. The number of aliphatic hydroxyl groups excluding tert-OH is 1. The molecule has 0 fully saturated rings. The molecule has 23 heavy (non-hydrogen) atoms. The van der Waals surface area contributed by atoms with Gasteiger partial charge in [-0.25, -0.2) is 0 Å². The van der Waals surface area contributed by atoms with Gasteiger partial charge in [0.15, 0.2) is 0 Å². The Bertz CT molecular complexity index is 657. The lowest BCUT2D eigenvalue weighted by atomic mass is 10.1. The standard InChI is InChI=1S/C19H21NO3/c21-17-12-15-8-4-5-9-16(15)19(17)20-18(22)10-11-23-13-14-6-2-1-3-7-14/h1-9,17,19,21H,10-13H2,(H,20,22). The Morgan fingerprint density at radius 2 is 1.87 bits per heavy atom. The van der Waals surface area contributed by atoms with Crippen molar-refractivity contribution in [1.82, 2.24) is 5.32 Å². The van der Waals surface area contributed by atoms with Crippen LogP contribution in [0.25, 0.3) is 0 Å². The Morgan fingerprint density at radius 3 is 2.70 bits per heavy atom.